The number of rotatable bonds is 1. The second kappa shape index (κ2) is 4.44. The van der Waals surface area contributed by atoms with E-state index in [2.05, 4.69) is 74.4 Å². The van der Waals surface area contributed by atoms with Crippen LogP contribution in [-0.2, 0) is 5.54 Å². The van der Waals surface area contributed by atoms with E-state index < -0.39 is 0 Å². The molecule has 0 aliphatic rings. The zero-order valence-electron chi connectivity index (χ0n) is 12.4. The molecule has 1 aromatic heterocycles. The standard InChI is InChI=1S/C17H19N3/c1-12-10-11-14-16(18-19-20(14)17(2,3)4)15(12)13-8-6-5-7-9-13/h5-11H,1-4H3. The van der Waals surface area contributed by atoms with Gasteiger partial charge in [-0.1, -0.05) is 41.6 Å². The van der Waals surface area contributed by atoms with Crippen molar-refractivity contribution >= 4 is 11.0 Å². The molecule has 102 valence electrons. The van der Waals surface area contributed by atoms with Crippen LogP contribution in [0.1, 0.15) is 26.3 Å². The molecular formula is C17H19N3. The van der Waals surface area contributed by atoms with Crippen LogP contribution >= 0.6 is 0 Å². The Morgan fingerprint density at radius 1 is 0.950 bits per heavy atom. The smallest absolute Gasteiger partial charge is 0.121 e. The van der Waals surface area contributed by atoms with Crippen molar-refractivity contribution in [2.45, 2.75) is 33.2 Å². The highest BCUT2D eigenvalue weighted by atomic mass is 15.4. The summed E-state index contributed by atoms with van der Waals surface area (Å²) in [6, 6.07) is 14.7. The van der Waals surface area contributed by atoms with Crippen molar-refractivity contribution in [3.63, 3.8) is 0 Å². The molecule has 0 saturated heterocycles. The first-order valence-corrected chi connectivity index (χ1v) is 6.89. The Balaban J connectivity index is 2.33. The van der Waals surface area contributed by atoms with Crippen LogP contribution in [0.25, 0.3) is 22.2 Å². The summed E-state index contributed by atoms with van der Waals surface area (Å²) in [5.41, 5.74) is 5.59. The van der Waals surface area contributed by atoms with Crippen LogP contribution in [0.2, 0.25) is 0 Å². The SMILES string of the molecule is Cc1ccc2c(nnn2C(C)(C)C)c1-c1ccccc1. The first kappa shape index (κ1) is 12.9. The zero-order chi connectivity index (χ0) is 14.3. The highest BCUT2D eigenvalue weighted by Gasteiger charge is 2.20. The third-order valence-electron chi connectivity index (χ3n) is 3.53. The molecule has 0 fully saturated rings. The Labute approximate surface area is 119 Å². The van der Waals surface area contributed by atoms with Gasteiger partial charge in [-0.05, 0) is 44.9 Å². The van der Waals surface area contributed by atoms with E-state index >= 15 is 0 Å². The van der Waals surface area contributed by atoms with Crippen LogP contribution in [-0.4, -0.2) is 15.0 Å². The van der Waals surface area contributed by atoms with Gasteiger partial charge in [-0.15, -0.1) is 5.10 Å². The fourth-order valence-electron chi connectivity index (χ4n) is 2.56. The predicted molar refractivity (Wildman–Crippen MR) is 82.7 cm³/mol. The normalized spacial score (nSPS) is 12.0. The summed E-state index contributed by atoms with van der Waals surface area (Å²) in [4.78, 5) is 0. The molecule has 2 aromatic carbocycles. The molecular weight excluding hydrogens is 246 g/mol. The minimum atomic E-state index is -0.0715. The summed E-state index contributed by atoms with van der Waals surface area (Å²) < 4.78 is 1.99. The van der Waals surface area contributed by atoms with Gasteiger partial charge in [0.15, 0.2) is 0 Å². The fraction of sp³-hybridized carbons (Fsp3) is 0.294. The fourth-order valence-corrected chi connectivity index (χ4v) is 2.56. The monoisotopic (exact) mass is 265 g/mol. The summed E-state index contributed by atoms with van der Waals surface area (Å²) in [7, 11) is 0. The number of hydrogen-bond donors (Lipinski definition) is 0. The number of hydrogen-bond acceptors (Lipinski definition) is 2. The Kier molecular flexibility index (Phi) is 2.85. The summed E-state index contributed by atoms with van der Waals surface area (Å²) >= 11 is 0. The maximum absolute atomic E-state index is 4.44. The Morgan fingerprint density at radius 3 is 2.30 bits per heavy atom. The quantitative estimate of drug-likeness (QED) is 0.661. The van der Waals surface area contributed by atoms with Crippen molar-refractivity contribution in [1.82, 2.24) is 15.0 Å². The van der Waals surface area contributed by atoms with Crippen LogP contribution in [0.3, 0.4) is 0 Å². The molecule has 3 nitrogen and oxygen atoms in total. The molecule has 20 heavy (non-hydrogen) atoms. The van der Waals surface area contributed by atoms with Crippen LogP contribution in [0.15, 0.2) is 42.5 Å². The van der Waals surface area contributed by atoms with Crippen molar-refractivity contribution in [2.75, 3.05) is 0 Å². The average Bonchev–Trinajstić information content (AvgIpc) is 2.83. The van der Waals surface area contributed by atoms with Crippen molar-refractivity contribution in [1.29, 1.82) is 0 Å². The van der Waals surface area contributed by atoms with Crippen molar-refractivity contribution in [3.05, 3.63) is 48.0 Å². The van der Waals surface area contributed by atoms with Gasteiger partial charge in [0.2, 0.25) is 0 Å². The molecule has 0 aliphatic carbocycles. The third kappa shape index (κ3) is 1.99. The maximum Gasteiger partial charge on any atom is 0.121 e. The van der Waals surface area contributed by atoms with E-state index in [0.717, 1.165) is 11.0 Å². The van der Waals surface area contributed by atoms with E-state index in [0.29, 0.717) is 0 Å². The lowest BCUT2D eigenvalue weighted by molar-refractivity contribution is 0.358. The molecule has 1 heterocycles. The minimum Gasteiger partial charge on any atom is -0.239 e. The third-order valence-corrected chi connectivity index (χ3v) is 3.53. The summed E-state index contributed by atoms with van der Waals surface area (Å²) in [5, 5.41) is 8.80. The summed E-state index contributed by atoms with van der Waals surface area (Å²) in [6.45, 7) is 8.55. The summed E-state index contributed by atoms with van der Waals surface area (Å²) in [6.07, 6.45) is 0. The predicted octanol–water partition coefficient (Wildman–Crippen LogP) is 4.16. The van der Waals surface area contributed by atoms with E-state index in [9.17, 15) is 0 Å². The highest BCUT2D eigenvalue weighted by molar-refractivity contribution is 5.93. The van der Waals surface area contributed by atoms with Gasteiger partial charge in [-0.25, -0.2) is 4.68 Å². The van der Waals surface area contributed by atoms with E-state index in [4.69, 9.17) is 0 Å². The first-order valence-electron chi connectivity index (χ1n) is 6.89. The van der Waals surface area contributed by atoms with Crippen LogP contribution < -0.4 is 0 Å². The van der Waals surface area contributed by atoms with Crippen molar-refractivity contribution in [3.8, 4) is 11.1 Å². The topological polar surface area (TPSA) is 30.7 Å². The van der Waals surface area contributed by atoms with E-state index in [1.54, 1.807) is 0 Å². The molecule has 0 bridgehead atoms. The van der Waals surface area contributed by atoms with Gasteiger partial charge in [-0.3, -0.25) is 0 Å². The molecule has 0 spiro atoms. The zero-order valence-corrected chi connectivity index (χ0v) is 12.4. The molecule has 0 amide bonds. The van der Waals surface area contributed by atoms with E-state index in [1.807, 2.05) is 10.7 Å². The summed E-state index contributed by atoms with van der Waals surface area (Å²) in [5.74, 6) is 0. The van der Waals surface area contributed by atoms with Gasteiger partial charge in [0.1, 0.15) is 5.52 Å². The number of benzene rings is 2. The van der Waals surface area contributed by atoms with Gasteiger partial charge in [0.25, 0.3) is 0 Å². The molecule has 3 aromatic rings. The Hall–Kier alpha value is -2.16. The lowest BCUT2D eigenvalue weighted by Crippen LogP contribution is -2.23. The lowest BCUT2D eigenvalue weighted by Gasteiger charge is -2.19. The number of fused-ring (bicyclic) bond motifs is 1. The van der Waals surface area contributed by atoms with E-state index in [1.165, 1.54) is 16.7 Å². The minimum absolute atomic E-state index is 0.0715. The van der Waals surface area contributed by atoms with Gasteiger partial charge in [0.05, 0.1) is 11.1 Å². The Morgan fingerprint density at radius 2 is 1.65 bits per heavy atom. The lowest BCUT2D eigenvalue weighted by atomic mass is 9.98. The Bertz CT molecular complexity index is 749. The average molecular weight is 265 g/mol. The molecule has 0 unspecified atom stereocenters. The van der Waals surface area contributed by atoms with Gasteiger partial charge >= 0.3 is 0 Å². The number of nitrogens with zero attached hydrogens (tertiary/aromatic N) is 3. The molecule has 0 N–H and O–H groups in total. The second-order valence-electron chi connectivity index (χ2n) is 6.16. The molecule has 0 radical (unpaired) electrons. The molecule has 0 atom stereocenters. The van der Waals surface area contributed by atoms with Gasteiger partial charge < -0.3 is 0 Å². The molecule has 0 saturated carbocycles. The molecule has 0 aliphatic heterocycles. The van der Waals surface area contributed by atoms with Crippen molar-refractivity contribution in [2.24, 2.45) is 0 Å². The highest BCUT2D eigenvalue weighted by Crippen LogP contribution is 2.31. The van der Waals surface area contributed by atoms with Gasteiger partial charge in [0, 0.05) is 5.56 Å². The molecule has 3 rings (SSSR count). The van der Waals surface area contributed by atoms with E-state index in [-0.39, 0.29) is 5.54 Å². The largest absolute Gasteiger partial charge is 0.239 e. The number of aryl methyl sites for hydroxylation is 1. The van der Waals surface area contributed by atoms with Gasteiger partial charge in [-0.2, -0.15) is 0 Å². The first-order chi connectivity index (χ1) is 9.48. The number of aromatic nitrogens is 3. The van der Waals surface area contributed by atoms with Crippen LogP contribution in [0.4, 0.5) is 0 Å². The van der Waals surface area contributed by atoms with Crippen LogP contribution in [0, 0.1) is 6.92 Å². The van der Waals surface area contributed by atoms with Crippen molar-refractivity contribution < 1.29 is 0 Å². The van der Waals surface area contributed by atoms with Crippen LogP contribution in [0.5, 0.6) is 0 Å². The molecule has 3 heteroatoms. The second-order valence-corrected chi connectivity index (χ2v) is 6.16. The maximum atomic E-state index is 4.44.